The summed E-state index contributed by atoms with van der Waals surface area (Å²) in [5.41, 5.74) is 5.77. The molecule has 0 aromatic heterocycles. The summed E-state index contributed by atoms with van der Waals surface area (Å²) in [5, 5.41) is 0. The molecule has 0 saturated heterocycles. The second kappa shape index (κ2) is 6.70. The largest absolute Gasteiger partial charge is 0.497 e. The molecule has 0 aliphatic heterocycles. The molecule has 122 valence electrons. The first-order valence-corrected chi connectivity index (χ1v) is 8.36. The van der Waals surface area contributed by atoms with Crippen molar-refractivity contribution in [1.82, 2.24) is 0 Å². The number of hydrogen-bond donors (Lipinski definition) is 1. The maximum Gasteiger partial charge on any atom is 0.253 e. The van der Waals surface area contributed by atoms with Gasteiger partial charge in [0.1, 0.15) is 11.5 Å². The molecule has 0 saturated carbocycles. The van der Waals surface area contributed by atoms with Gasteiger partial charge in [-0.15, -0.1) is 0 Å². The first kappa shape index (κ1) is 16.8. The molecular formula is C16H17NO5S. The zero-order valence-electron chi connectivity index (χ0n) is 12.8. The molecule has 0 bridgehead atoms. The molecular weight excluding hydrogens is 318 g/mol. The quantitative estimate of drug-likeness (QED) is 0.868. The van der Waals surface area contributed by atoms with Gasteiger partial charge in [-0.05, 0) is 11.6 Å². The summed E-state index contributed by atoms with van der Waals surface area (Å²) < 4.78 is 35.7. The van der Waals surface area contributed by atoms with Crippen LogP contribution in [0.1, 0.15) is 15.9 Å². The van der Waals surface area contributed by atoms with Gasteiger partial charge in [-0.1, -0.05) is 30.3 Å². The van der Waals surface area contributed by atoms with Crippen molar-refractivity contribution in [3.05, 3.63) is 53.6 Å². The van der Waals surface area contributed by atoms with Crippen molar-refractivity contribution in [1.29, 1.82) is 0 Å². The normalized spacial score (nSPS) is 11.0. The number of nitrogens with two attached hydrogens (primary N) is 1. The molecule has 0 unspecified atom stereocenters. The van der Waals surface area contributed by atoms with E-state index >= 15 is 0 Å². The van der Waals surface area contributed by atoms with Gasteiger partial charge in [0, 0.05) is 6.07 Å². The molecule has 7 heteroatoms. The molecule has 0 fully saturated rings. The van der Waals surface area contributed by atoms with Gasteiger partial charge in [-0.3, -0.25) is 4.79 Å². The highest BCUT2D eigenvalue weighted by Crippen LogP contribution is 2.33. The zero-order valence-corrected chi connectivity index (χ0v) is 13.6. The monoisotopic (exact) mass is 335 g/mol. The molecule has 2 rings (SSSR count). The van der Waals surface area contributed by atoms with Crippen molar-refractivity contribution in [3.8, 4) is 11.5 Å². The lowest BCUT2D eigenvalue weighted by molar-refractivity contribution is 0.0994. The molecule has 0 spiro atoms. The summed E-state index contributed by atoms with van der Waals surface area (Å²) in [7, 11) is -1.09. The lowest BCUT2D eigenvalue weighted by Crippen LogP contribution is -2.18. The fraction of sp³-hybridized carbons (Fsp3) is 0.188. The lowest BCUT2D eigenvalue weighted by Gasteiger charge is -2.14. The second-order valence-corrected chi connectivity index (χ2v) is 6.77. The van der Waals surface area contributed by atoms with Crippen LogP contribution in [-0.2, 0) is 15.6 Å². The Morgan fingerprint density at radius 2 is 1.74 bits per heavy atom. The number of amides is 1. The summed E-state index contributed by atoms with van der Waals surface area (Å²) in [5.74, 6) is -0.817. The van der Waals surface area contributed by atoms with Crippen molar-refractivity contribution in [2.45, 2.75) is 10.6 Å². The summed E-state index contributed by atoms with van der Waals surface area (Å²) in [4.78, 5) is 11.5. The van der Waals surface area contributed by atoms with Crippen LogP contribution in [-0.4, -0.2) is 28.5 Å². The maximum absolute atomic E-state index is 12.7. The fourth-order valence-corrected chi connectivity index (χ4v) is 3.80. The Morgan fingerprint density at radius 3 is 2.26 bits per heavy atom. The zero-order chi connectivity index (χ0) is 17.0. The maximum atomic E-state index is 12.7. The molecule has 23 heavy (non-hydrogen) atoms. The molecule has 0 atom stereocenters. The molecule has 0 aliphatic rings. The van der Waals surface area contributed by atoms with E-state index in [-0.39, 0.29) is 27.7 Å². The van der Waals surface area contributed by atoms with E-state index in [1.807, 2.05) is 0 Å². The number of sulfone groups is 1. The molecule has 0 heterocycles. The van der Waals surface area contributed by atoms with Gasteiger partial charge in [0.05, 0.1) is 30.4 Å². The Bertz CT molecular complexity index is 816. The van der Waals surface area contributed by atoms with Crippen LogP contribution >= 0.6 is 0 Å². The van der Waals surface area contributed by atoms with E-state index in [9.17, 15) is 13.2 Å². The van der Waals surface area contributed by atoms with Crippen molar-refractivity contribution >= 4 is 15.7 Å². The van der Waals surface area contributed by atoms with Crippen LogP contribution in [0, 0.1) is 0 Å². The molecule has 2 aromatic carbocycles. The van der Waals surface area contributed by atoms with Gasteiger partial charge in [0.15, 0.2) is 9.84 Å². The third kappa shape index (κ3) is 3.62. The summed E-state index contributed by atoms with van der Waals surface area (Å²) in [6.45, 7) is 0. The van der Waals surface area contributed by atoms with Gasteiger partial charge in [-0.2, -0.15) is 0 Å². The van der Waals surface area contributed by atoms with E-state index in [1.54, 1.807) is 30.3 Å². The van der Waals surface area contributed by atoms with Crippen LogP contribution in [0.15, 0.2) is 47.4 Å². The molecule has 2 N–H and O–H groups in total. The number of carbonyl (C=O) groups excluding carboxylic acids is 1. The van der Waals surface area contributed by atoms with E-state index in [4.69, 9.17) is 15.2 Å². The minimum atomic E-state index is -3.82. The number of ether oxygens (including phenoxy) is 2. The Labute approximate surface area is 134 Å². The third-order valence-corrected chi connectivity index (χ3v) is 4.98. The van der Waals surface area contributed by atoms with Gasteiger partial charge >= 0.3 is 0 Å². The Kier molecular flexibility index (Phi) is 4.90. The first-order valence-electron chi connectivity index (χ1n) is 6.71. The summed E-state index contributed by atoms with van der Waals surface area (Å²) >= 11 is 0. The molecule has 6 nitrogen and oxygen atoms in total. The number of methoxy groups -OCH3 is 2. The Balaban J connectivity index is 2.62. The third-order valence-electron chi connectivity index (χ3n) is 3.28. The average Bonchev–Trinajstić information content (AvgIpc) is 2.53. The van der Waals surface area contributed by atoms with E-state index in [0.29, 0.717) is 5.56 Å². The van der Waals surface area contributed by atoms with Crippen molar-refractivity contribution < 1.29 is 22.7 Å². The van der Waals surface area contributed by atoms with E-state index < -0.39 is 15.7 Å². The number of primary amides is 1. The van der Waals surface area contributed by atoms with E-state index in [0.717, 1.165) is 0 Å². The smallest absolute Gasteiger partial charge is 0.253 e. The average molecular weight is 335 g/mol. The van der Waals surface area contributed by atoms with Crippen molar-refractivity contribution in [3.63, 3.8) is 0 Å². The van der Waals surface area contributed by atoms with Gasteiger partial charge < -0.3 is 15.2 Å². The van der Waals surface area contributed by atoms with Crippen molar-refractivity contribution in [2.24, 2.45) is 5.73 Å². The van der Waals surface area contributed by atoms with Crippen LogP contribution in [0.4, 0.5) is 0 Å². The van der Waals surface area contributed by atoms with Gasteiger partial charge in [0.2, 0.25) is 0 Å². The number of benzene rings is 2. The van der Waals surface area contributed by atoms with Gasteiger partial charge in [0.25, 0.3) is 5.91 Å². The molecule has 2 aromatic rings. The van der Waals surface area contributed by atoms with Crippen LogP contribution in [0.2, 0.25) is 0 Å². The highest BCUT2D eigenvalue weighted by molar-refractivity contribution is 7.90. The Morgan fingerprint density at radius 1 is 1.09 bits per heavy atom. The van der Waals surface area contributed by atoms with Crippen molar-refractivity contribution in [2.75, 3.05) is 14.2 Å². The predicted molar refractivity (Wildman–Crippen MR) is 85.4 cm³/mol. The lowest BCUT2D eigenvalue weighted by atomic mass is 10.2. The summed E-state index contributed by atoms with van der Waals surface area (Å²) in [6, 6.07) is 11.4. The molecule has 0 aliphatic carbocycles. The number of hydrogen-bond acceptors (Lipinski definition) is 5. The van der Waals surface area contributed by atoms with Crippen LogP contribution in [0.5, 0.6) is 11.5 Å². The van der Waals surface area contributed by atoms with Crippen LogP contribution in [0.3, 0.4) is 0 Å². The highest BCUT2D eigenvalue weighted by atomic mass is 32.2. The van der Waals surface area contributed by atoms with Gasteiger partial charge in [-0.25, -0.2) is 8.42 Å². The predicted octanol–water partition coefficient (Wildman–Crippen LogP) is 1.78. The first-order chi connectivity index (χ1) is 10.9. The molecule has 1 amide bonds. The SMILES string of the molecule is COc1cc(OC)c(C(N)=O)c(S(=O)(=O)Cc2ccccc2)c1. The minimum Gasteiger partial charge on any atom is -0.497 e. The Hall–Kier alpha value is -2.54. The highest BCUT2D eigenvalue weighted by Gasteiger charge is 2.26. The van der Waals surface area contributed by atoms with Crippen LogP contribution in [0.25, 0.3) is 0 Å². The summed E-state index contributed by atoms with van der Waals surface area (Å²) in [6.07, 6.45) is 0. The topological polar surface area (TPSA) is 95.7 Å². The van der Waals surface area contributed by atoms with E-state index in [1.165, 1.54) is 26.4 Å². The standard InChI is InChI=1S/C16H17NO5S/c1-21-12-8-13(22-2)15(16(17)18)14(9-12)23(19,20)10-11-6-4-3-5-7-11/h3-9H,10H2,1-2H3,(H2,17,18). The van der Waals surface area contributed by atoms with E-state index in [2.05, 4.69) is 0 Å². The fourth-order valence-electron chi connectivity index (χ4n) is 2.20. The molecule has 0 radical (unpaired) electrons. The number of rotatable bonds is 6. The number of carbonyl (C=O) groups is 1. The second-order valence-electron chi connectivity index (χ2n) is 4.81. The minimum absolute atomic E-state index is 0.0588. The van der Waals surface area contributed by atoms with Crippen LogP contribution < -0.4 is 15.2 Å².